The maximum atomic E-state index is 14.6. The molecule has 0 aromatic heterocycles. The number of allylic oxidation sites excluding steroid dienone is 1. The summed E-state index contributed by atoms with van der Waals surface area (Å²) in [7, 11) is 4.72. The number of hydrogen-bond donors (Lipinski definition) is 1. The highest BCUT2D eigenvalue weighted by Crippen LogP contribution is 2.47. The van der Waals surface area contributed by atoms with Gasteiger partial charge in [-0.15, -0.1) is 0 Å². The maximum Gasteiger partial charge on any atom is 0.330 e. The van der Waals surface area contributed by atoms with E-state index in [9.17, 15) is 14.7 Å². The van der Waals surface area contributed by atoms with Gasteiger partial charge in [-0.1, -0.05) is 31.4 Å². The highest BCUT2D eigenvalue weighted by molar-refractivity contribution is 5.92. The molecule has 1 saturated heterocycles. The van der Waals surface area contributed by atoms with Gasteiger partial charge in [0.05, 0.1) is 27.2 Å². The van der Waals surface area contributed by atoms with Crippen LogP contribution in [-0.2, 0) is 9.59 Å². The predicted octanol–water partition coefficient (Wildman–Crippen LogP) is 5.57. The molecule has 36 heavy (non-hydrogen) atoms. The molecule has 0 bridgehead atoms. The average molecular weight is 500 g/mol. The Balaban J connectivity index is 1.82. The fraction of sp³-hybridized carbons (Fsp3) is 0.655. The number of amides is 1. The number of carbonyl (C=O) groups is 2. The van der Waals surface area contributed by atoms with Gasteiger partial charge in [0.15, 0.2) is 11.5 Å². The molecule has 198 valence electrons. The zero-order valence-electron chi connectivity index (χ0n) is 22.0. The molecule has 1 N–H and O–H groups in total. The Morgan fingerprint density at radius 2 is 1.64 bits per heavy atom. The number of rotatable bonds is 8. The van der Waals surface area contributed by atoms with Crippen LogP contribution in [0, 0.1) is 11.8 Å². The number of hydrogen-bond acceptors (Lipinski definition) is 5. The van der Waals surface area contributed by atoms with Gasteiger partial charge in [-0.05, 0) is 75.0 Å². The van der Waals surface area contributed by atoms with E-state index in [1.165, 1.54) is 6.42 Å². The van der Waals surface area contributed by atoms with E-state index in [0.717, 1.165) is 63.4 Å². The number of piperidine rings is 1. The van der Waals surface area contributed by atoms with Crippen LogP contribution in [0.2, 0.25) is 0 Å². The molecular weight excluding hydrogens is 458 g/mol. The van der Waals surface area contributed by atoms with E-state index in [2.05, 4.69) is 12.2 Å². The zero-order chi connectivity index (χ0) is 25.7. The van der Waals surface area contributed by atoms with Crippen LogP contribution < -0.4 is 14.2 Å². The molecule has 1 amide bonds. The van der Waals surface area contributed by atoms with Gasteiger partial charge in [-0.3, -0.25) is 4.79 Å². The monoisotopic (exact) mass is 499 g/mol. The molecule has 0 radical (unpaired) electrons. The number of aliphatic carboxylic acids is 1. The van der Waals surface area contributed by atoms with Crippen molar-refractivity contribution < 1.29 is 28.9 Å². The van der Waals surface area contributed by atoms with Gasteiger partial charge in [-0.2, -0.15) is 0 Å². The Hall–Kier alpha value is -2.70. The highest BCUT2D eigenvalue weighted by atomic mass is 16.5. The molecule has 2 unspecified atom stereocenters. The molecule has 7 nitrogen and oxygen atoms in total. The van der Waals surface area contributed by atoms with E-state index >= 15 is 0 Å². The number of methoxy groups -OCH3 is 3. The van der Waals surface area contributed by atoms with Crippen molar-refractivity contribution in [2.45, 2.75) is 82.1 Å². The summed E-state index contributed by atoms with van der Waals surface area (Å²) >= 11 is 0. The normalized spacial score (nSPS) is 25.8. The summed E-state index contributed by atoms with van der Waals surface area (Å²) in [4.78, 5) is 29.4. The van der Waals surface area contributed by atoms with E-state index in [4.69, 9.17) is 14.2 Å². The largest absolute Gasteiger partial charge is 0.493 e. The van der Waals surface area contributed by atoms with Gasteiger partial charge in [-0.25, -0.2) is 4.79 Å². The summed E-state index contributed by atoms with van der Waals surface area (Å²) < 4.78 is 16.8. The first-order chi connectivity index (χ1) is 17.5. The summed E-state index contributed by atoms with van der Waals surface area (Å²) in [5, 5.41) is 10.7. The second-order valence-corrected chi connectivity index (χ2v) is 10.5. The van der Waals surface area contributed by atoms with Crippen LogP contribution >= 0.6 is 0 Å². The van der Waals surface area contributed by atoms with E-state index in [1.54, 1.807) is 26.2 Å². The minimum atomic E-state index is -1.19. The standard InChI is InChI=1S/C29H41NO6/c1-34-23-18-21(19-24(35-2)26(23)36-3)25(20-12-6-4-7-13-20)27(31)30-17-11-10-16-29(30,28(32)33)22-14-8-5-9-15-22/h8,14,18-20,22,25H,4-7,9-13,15-17H2,1-3H3,(H,32,33)/t22?,25?,29-/m0/s1. The Morgan fingerprint density at radius 1 is 0.944 bits per heavy atom. The van der Waals surface area contributed by atoms with Gasteiger partial charge < -0.3 is 24.2 Å². The van der Waals surface area contributed by atoms with E-state index in [1.807, 2.05) is 12.1 Å². The quantitative estimate of drug-likeness (QED) is 0.471. The molecule has 1 aromatic carbocycles. The number of carbonyl (C=O) groups excluding carboxylic acids is 1. The van der Waals surface area contributed by atoms with Crippen LogP contribution in [0.15, 0.2) is 24.3 Å². The number of carboxylic acid groups (broad SMARTS) is 1. The molecule has 1 saturated carbocycles. The number of nitrogens with zero attached hydrogens (tertiary/aromatic N) is 1. The second kappa shape index (κ2) is 11.6. The van der Waals surface area contributed by atoms with E-state index in [-0.39, 0.29) is 17.7 Å². The number of likely N-dealkylation sites (tertiary alicyclic amines) is 1. The molecule has 0 spiro atoms. The summed E-state index contributed by atoms with van der Waals surface area (Å²) in [6.45, 7) is 0.475. The molecule has 3 aliphatic rings. The first-order valence-electron chi connectivity index (χ1n) is 13.5. The zero-order valence-corrected chi connectivity index (χ0v) is 22.0. The molecule has 1 aliphatic heterocycles. The molecule has 2 aliphatic carbocycles. The van der Waals surface area contributed by atoms with Crippen molar-refractivity contribution in [2.75, 3.05) is 27.9 Å². The van der Waals surface area contributed by atoms with Crippen molar-refractivity contribution in [3.05, 3.63) is 29.8 Å². The van der Waals surface area contributed by atoms with Crippen LogP contribution in [0.4, 0.5) is 0 Å². The molecule has 1 aromatic rings. The lowest BCUT2D eigenvalue weighted by molar-refractivity contribution is -0.168. The van der Waals surface area contributed by atoms with Crippen LogP contribution in [0.1, 0.15) is 82.1 Å². The lowest BCUT2D eigenvalue weighted by atomic mass is 9.70. The van der Waals surface area contributed by atoms with Crippen molar-refractivity contribution in [2.24, 2.45) is 11.8 Å². The van der Waals surface area contributed by atoms with Crippen molar-refractivity contribution in [1.29, 1.82) is 0 Å². The summed E-state index contributed by atoms with van der Waals surface area (Å²) in [6.07, 6.45) is 14.2. The van der Waals surface area contributed by atoms with Crippen LogP contribution in [-0.4, -0.2) is 55.3 Å². The number of benzene rings is 1. The number of ether oxygens (including phenoxy) is 3. The predicted molar refractivity (Wildman–Crippen MR) is 138 cm³/mol. The molecule has 3 atom stereocenters. The minimum absolute atomic E-state index is 0.0720. The fourth-order valence-corrected chi connectivity index (χ4v) is 6.82. The van der Waals surface area contributed by atoms with Crippen LogP contribution in [0.3, 0.4) is 0 Å². The number of carboxylic acids is 1. The lowest BCUT2D eigenvalue weighted by Crippen LogP contribution is -2.64. The fourth-order valence-electron chi connectivity index (χ4n) is 6.82. The Morgan fingerprint density at radius 3 is 2.19 bits per heavy atom. The smallest absolute Gasteiger partial charge is 0.330 e. The van der Waals surface area contributed by atoms with Gasteiger partial charge in [0.2, 0.25) is 11.7 Å². The molecule has 7 heteroatoms. The Labute approximate surface area is 214 Å². The van der Waals surface area contributed by atoms with Crippen molar-refractivity contribution in [1.82, 2.24) is 4.90 Å². The van der Waals surface area contributed by atoms with Crippen LogP contribution in [0.25, 0.3) is 0 Å². The highest BCUT2D eigenvalue weighted by Gasteiger charge is 2.54. The minimum Gasteiger partial charge on any atom is -0.493 e. The SMILES string of the molecule is COc1cc(C(C(=O)N2CCCC[C@@]2(C(=O)O)C2C=CCCC2)C2CCCCC2)cc(OC)c1OC. The van der Waals surface area contributed by atoms with E-state index in [0.29, 0.717) is 30.2 Å². The third-order valence-electron chi connectivity index (χ3n) is 8.61. The van der Waals surface area contributed by atoms with Crippen molar-refractivity contribution in [3.8, 4) is 17.2 Å². The summed E-state index contributed by atoms with van der Waals surface area (Å²) in [6, 6.07) is 3.76. The topological polar surface area (TPSA) is 85.3 Å². The third kappa shape index (κ3) is 4.81. The van der Waals surface area contributed by atoms with Gasteiger partial charge in [0.25, 0.3) is 0 Å². The van der Waals surface area contributed by atoms with E-state index < -0.39 is 17.4 Å². The average Bonchev–Trinajstić information content (AvgIpc) is 2.93. The first-order valence-corrected chi connectivity index (χ1v) is 13.5. The van der Waals surface area contributed by atoms with Crippen molar-refractivity contribution >= 4 is 11.9 Å². The molecular formula is C29H41NO6. The van der Waals surface area contributed by atoms with Gasteiger partial charge in [0, 0.05) is 12.5 Å². The van der Waals surface area contributed by atoms with Gasteiger partial charge >= 0.3 is 5.97 Å². The maximum absolute atomic E-state index is 14.6. The molecule has 4 rings (SSSR count). The van der Waals surface area contributed by atoms with Crippen molar-refractivity contribution in [3.63, 3.8) is 0 Å². The lowest BCUT2D eigenvalue weighted by Gasteiger charge is -2.50. The second-order valence-electron chi connectivity index (χ2n) is 10.5. The third-order valence-corrected chi connectivity index (χ3v) is 8.61. The van der Waals surface area contributed by atoms with Gasteiger partial charge in [0.1, 0.15) is 5.54 Å². The Bertz CT molecular complexity index is 944. The first kappa shape index (κ1) is 26.4. The molecule has 1 heterocycles. The summed E-state index contributed by atoms with van der Waals surface area (Å²) in [5.41, 5.74) is -0.384. The molecule has 2 fully saturated rings. The van der Waals surface area contributed by atoms with Crippen LogP contribution in [0.5, 0.6) is 17.2 Å². The Kier molecular flexibility index (Phi) is 8.47. The summed E-state index contributed by atoms with van der Waals surface area (Å²) in [5.74, 6) is 0.0887.